The van der Waals surface area contributed by atoms with Crippen LogP contribution in [0.1, 0.15) is 18.5 Å². The SMILES string of the molecule is Cc1cc(NCCCCO)nc(Nc2ccc(N3CCOCC3)cc2)n1. The third kappa shape index (κ3) is 5.31. The molecular weight excluding hydrogens is 330 g/mol. The number of nitrogens with zero attached hydrogens (tertiary/aromatic N) is 3. The van der Waals surface area contributed by atoms with Gasteiger partial charge in [-0.05, 0) is 44.0 Å². The highest BCUT2D eigenvalue weighted by atomic mass is 16.5. The number of morpholine rings is 1. The van der Waals surface area contributed by atoms with Gasteiger partial charge in [0.2, 0.25) is 5.95 Å². The Hall–Kier alpha value is -2.38. The maximum absolute atomic E-state index is 8.85. The number of ether oxygens (including phenoxy) is 1. The van der Waals surface area contributed by atoms with E-state index in [9.17, 15) is 0 Å². The van der Waals surface area contributed by atoms with E-state index in [4.69, 9.17) is 9.84 Å². The Morgan fingerprint density at radius 2 is 1.88 bits per heavy atom. The molecule has 2 heterocycles. The van der Waals surface area contributed by atoms with Crippen molar-refractivity contribution in [2.45, 2.75) is 19.8 Å². The van der Waals surface area contributed by atoms with Gasteiger partial charge >= 0.3 is 0 Å². The minimum atomic E-state index is 0.220. The lowest BCUT2D eigenvalue weighted by Crippen LogP contribution is -2.36. The van der Waals surface area contributed by atoms with Gasteiger partial charge < -0.3 is 25.4 Å². The first-order chi connectivity index (χ1) is 12.7. The number of aryl methyl sites for hydroxylation is 1. The number of benzene rings is 1. The first-order valence-electron chi connectivity index (χ1n) is 9.15. The summed E-state index contributed by atoms with van der Waals surface area (Å²) >= 11 is 0. The number of aromatic nitrogens is 2. The molecule has 7 heteroatoms. The molecule has 1 aromatic heterocycles. The monoisotopic (exact) mass is 357 g/mol. The fraction of sp³-hybridized carbons (Fsp3) is 0.474. The van der Waals surface area contributed by atoms with Gasteiger partial charge in [-0.1, -0.05) is 0 Å². The van der Waals surface area contributed by atoms with Crippen LogP contribution in [0.15, 0.2) is 30.3 Å². The van der Waals surface area contributed by atoms with Crippen molar-refractivity contribution in [3.8, 4) is 0 Å². The van der Waals surface area contributed by atoms with Gasteiger partial charge in [0.15, 0.2) is 0 Å². The average Bonchev–Trinajstić information content (AvgIpc) is 2.66. The number of hydrogen-bond donors (Lipinski definition) is 3. The van der Waals surface area contributed by atoms with Crippen molar-refractivity contribution < 1.29 is 9.84 Å². The predicted octanol–water partition coefficient (Wildman–Crippen LogP) is 2.55. The van der Waals surface area contributed by atoms with E-state index in [1.54, 1.807) is 0 Å². The van der Waals surface area contributed by atoms with Crippen LogP contribution in [0.5, 0.6) is 0 Å². The molecule has 0 aliphatic carbocycles. The van der Waals surface area contributed by atoms with Crippen LogP contribution in [0.2, 0.25) is 0 Å². The lowest BCUT2D eigenvalue weighted by Gasteiger charge is -2.28. The molecule has 26 heavy (non-hydrogen) atoms. The lowest BCUT2D eigenvalue weighted by molar-refractivity contribution is 0.122. The quantitative estimate of drug-likeness (QED) is 0.626. The zero-order chi connectivity index (χ0) is 18.2. The van der Waals surface area contributed by atoms with E-state index < -0.39 is 0 Å². The van der Waals surface area contributed by atoms with Gasteiger partial charge in [0, 0.05) is 49.4 Å². The third-order valence-corrected chi connectivity index (χ3v) is 4.24. The molecule has 0 spiro atoms. The highest BCUT2D eigenvalue weighted by molar-refractivity contribution is 5.60. The van der Waals surface area contributed by atoms with Crippen LogP contribution in [0.25, 0.3) is 0 Å². The number of nitrogens with one attached hydrogen (secondary N) is 2. The molecule has 7 nitrogen and oxygen atoms in total. The van der Waals surface area contributed by atoms with Gasteiger partial charge in [-0.25, -0.2) is 4.98 Å². The van der Waals surface area contributed by atoms with Gasteiger partial charge in [-0.15, -0.1) is 0 Å². The number of anilines is 4. The highest BCUT2D eigenvalue weighted by Crippen LogP contribution is 2.21. The molecule has 0 saturated carbocycles. The first-order valence-corrected chi connectivity index (χ1v) is 9.15. The van der Waals surface area contributed by atoms with E-state index >= 15 is 0 Å². The lowest BCUT2D eigenvalue weighted by atomic mass is 10.2. The van der Waals surface area contributed by atoms with Crippen molar-refractivity contribution in [3.05, 3.63) is 36.0 Å². The summed E-state index contributed by atoms with van der Waals surface area (Å²) in [5, 5.41) is 15.4. The summed E-state index contributed by atoms with van der Waals surface area (Å²) in [5.74, 6) is 1.37. The largest absolute Gasteiger partial charge is 0.396 e. The van der Waals surface area contributed by atoms with Crippen molar-refractivity contribution in [1.29, 1.82) is 0 Å². The summed E-state index contributed by atoms with van der Waals surface area (Å²) in [6.45, 7) is 6.38. The highest BCUT2D eigenvalue weighted by Gasteiger charge is 2.11. The molecular formula is C19H27N5O2. The smallest absolute Gasteiger partial charge is 0.229 e. The van der Waals surface area contributed by atoms with E-state index in [1.165, 1.54) is 5.69 Å². The minimum Gasteiger partial charge on any atom is -0.396 e. The molecule has 1 saturated heterocycles. The second-order valence-electron chi connectivity index (χ2n) is 6.35. The summed E-state index contributed by atoms with van der Waals surface area (Å²) in [4.78, 5) is 11.3. The Morgan fingerprint density at radius 1 is 1.12 bits per heavy atom. The molecule has 3 N–H and O–H groups in total. The zero-order valence-electron chi connectivity index (χ0n) is 15.2. The average molecular weight is 357 g/mol. The van der Waals surface area contributed by atoms with Crippen LogP contribution < -0.4 is 15.5 Å². The van der Waals surface area contributed by atoms with Crippen LogP contribution in [-0.4, -0.2) is 54.5 Å². The van der Waals surface area contributed by atoms with Gasteiger partial charge in [0.1, 0.15) is 5.82 Å². The summed E-state index contributed by atoms with van der Waals surface area (Å²) in [6, 6.07) is 10.2. The molecule has 0 amide bonds. The van der Waals surface area contributed by atoms with E-state index in [0.29, 0.717) is 5.95 Å². The van der Waals surface area contributed by atoms with E-state index in [1.807, 2.05) is 25.1 Å². The summed E-state index contributed by atoms with van der Waals surface area (Å²) in [5.41, 5.74) is 3.06. The summed E-state index contributed by atoms with van der Waals surface area (Å²) in [6.07, 6.45) is 1.70. The number of aliphatic hydroxyl groups is 1. The molecule has 0 atom stereocenters. The second-order valence-corrected chi connectivity index (χ2v) is 6.35. The predicted molar refractivity (Wildman–Crippen MR) is 104 cm³/mol. The Bertz CT molecular complexity index is 687. The van der Waals surface area contributed by atoms with Crippen LogP contribution in [0.4, 0.5) is 23.1 Å². The molecule has 3 rings (SSSR count). The first kappa shape index (κ1) is 18.4. The topological polar surface area (TPSA) is 82.5 Å². The minimum absolute atomic E-state index is 0.220. The Labute approximate surface area is 154 Å². The van der Waals surface area contributed by atoms with Crippen LogP contribution in [-0.2, 0) is 4.74 Å². The van der Waals surface area contributed by atoms with E-state index in [-0.39, 0.29) is 6.61 Å². The normalized spacial score (nSPS) is 14.3. The van der Waals surface area contributed by atoms with Crippen molar-refractivity contribution in [3.63, 3.8) is 0 Å². The molecule has 0 unspecified atom stereocenters. The number of aliphatic hydroxyl groups excluding tert-OH is 1. The molecule has 1 aromatic carbocycles. The van der Waals surface area contributed by atoms with Crippen molar-refractivity contribution in [1.82, 2.24) is 9.97 Å². The Kier molecular flexibility index (Phi) is 6.62. The molecule has 1 fully saturated rings. The summed E-state index contributed by atoms with van der Waals surface area (Å²) in [7, 11) is 0. The van der Waals surface area contributed by atoms with Gasteiger partial charge in [-0.2, -0.15) is 4.98 Å². The number of rotatable bonds is 8. The van der Waals surface area contributed by atoms with Crippen LogP contribution >= 0.6 is 0 Å². The van der Waals surface area contributed by atoms with Gasteiger partial charge in [-0.3, -0.25) is 0 Å². The molecule has 2 aromatic rings. The fourth-order valence-electron chi connectivity index (χ4n) is 2.87. The van der Waals surface area contributed by atoms with Crippen molar-refractivity contribution in [2.75, 3.05) is 55.0 Å². The molecule has 140 valence electrons. The van der Waals surface area contributed by atoms with E-state index in [2.05, 4.69) is 37.6 Å². The number of unbranched alkanes of at least 4 members (excludes halogenated alkanes) is 1. The molecule has 1 aliphatic rings. The Morgan fingerprint density at radius 3 is 2.62 bits per heavy atom. The maximum Gasteiger partial charge on any atom is 0.229 e. The molecule has 1 aliphatic heterocycles. The number of hydrogen-bond acceptors (Lipinski definition) is 7. The van der Waals surface area contributed by atoms with Gasteiger partial charge in [0.05, 0.1) is 13.2 Å². The second kappa shape index (κ2) is 9.35. The van der Waals surface area contributed by atoms with Gasteiger partial charge in [0.25, 0.3) is 0 Å². The van der Waals surface area contributed by atoms with Crippen molar-refractivity contribution in [2.24, 2.45) is 0 Å². The van der Waals surface area contributed by atoms with Crippen LogP contribution in [0, 0.1) is 6.92 Å². The third-order valence-electron chi connectivity index (χ3n) is 4.24. The zero-order valence-corrected chi connectivity index (χ0v) is 15.2. The summed E-state index contributed by atoms with van der Waals surface area (Å²) < 4.78 is 5.40. The molecule has 0 bridgehead atoms. The fourth-order valence-corrected chi connectivity index (χ4v) is 2.87. The van der Waals surface area contributed by atoms with E-state index in [0.717, 1.165) is 62.9 Å². The van der Waals surface area contributed by atoms with Crippen LogP contribution in [0.3, 0.4) is 0 Å². The standard InChI is InChI=1S/C19H27N5O2/c1-15-14-18(20-8-2-3-11-25)23-19(21-15)22-16-4-6-17(7-5-16)24-9-12-26-13-10-24/h4-7,14,25H,2-3,8-13H2,1H3,(H2,20,21,22,23). The molecule has 0 radical (unpaired) electrons. The maximum atomic E-state index is 8.85. The Balaban J connectivity index is 1.61. The van der Waals surface area contributed by atoms with Crippen molar-refractivity contribution >= 4 is 23.1 Å².